The van der Waals surface area contributed by atoms with E-state index in [1.807, 2.05) is 18.2 Å². The zero-order valence-corrected chi connectivity index (χ0v) is 28.8. The van der Waals surface area contributed by atoms with Crippen LogP contribution in [-0.2, 0) is 0 Å². The van der Waals surface area contributed by atoms with Crippen LogP contribution in [-0.4, -0.2) is 21.1 Å². The predicted molar refractivity (Wildman–Crippen MR) is 215 cm³/mol. The van der Waals surface area contributed by atoms with Crippen molar-refractivity contribution in [3.63, 3.8) is 0 Å². The Morgan fingerprint density at radius 3 is 1.51 bits per heavy atom. The van der Waals surface area contributed by atoms with E-state index in [0.29, 0.717) is 17.5 Å². The van der Waals surface area contributed by atoms with Gasteiger partial charge in [0.1, 0.15) is 11.9 Å². The molecule has 2 atom stereocenters. The van der Waals surface area contributed by atoms with Gasteiger partial charge in [-0.3, -0.25) is 0 Å². The fourth-order valence-corrected chi connectivity index (χ4v) is 7.76. The van der Waals surface area contributed by atoms with Gasteiger partial charge in [-0.25, -0.2) is 15.0 Å². The highest BCUT2D eigenvalue weighted by Crippen LogP contribution is 2.49. The summed E-state index contributed by atoms with van der Waals surface area (Å²) in [6, 6.07) is 59.2. The standard InChI is InChI=1S/C49H33N3O/c1-3-12-32(13-4-1)34-24-28-36(29-25-34)47-50-48(37-30-26-35(27-31-37)33-14-5-2-6-15-33)52-49(51-47)42-21-10-17-38-39(18-9-19-40(38)42)41-20-11-23-45-46(41)43-16-7-8-22-44(43)53-45/h1-31,45-46H. The van der Waals surface area contributed by atoms with Crippen molar-refractivity contribution >= 4 is 16.3 Å². The van der Waals surface area contributed by atoms with Crippen molar-refractivity contribution in [1.29, 1.82) is 0 Å². The third kappa shape index (κ3) is 5.62. The van der Waals surface area contributed by atoms with E-state index in [0.717, 1.165) is 44.3 Å². The van der Waals surface area contributed by atoms with Gasteiger partial charge in [-0.15, -0.1) is 0 Å². The Bertz CT molecular complexity index is 2580. The highest BCUT2D eigenvalue weighted by atomic mass is 16.5. The molecule has 0 amide bonds. The fourth-order valence-electron chi connectivity index (χ4n) is 7.76. The summed E-state index contributed by atoms with van der Waals surface area (Å²) in [5, 5.41) is 2.24. The first-order chi connectivity index (χ1) is 26.3. The van der Waals surface area contributed by atoms with Crippen LogP contribution in [0, 0.1) is 0 Å². The summed E-state index contributed by atoms with van der Waals surface area (Å²) in [7, 11) is 0. The number of fused-ring (bicyclic) bond motifs is 4. The van der Waals surface area contributed by atoms with E-state index in [1.165, 1.54) is 27.8 Å². The second-order valence-electron chi connectivity index (χ2n) is 13.5. The number of benzene rings is 7. The molecule has 0 bridgehead atoms. The number of ether oxygens (including phenoxy) is 1. The molecule has 0 saturated heterocycles. The van der Waals surface area contributed by atoms with Crippen molar-refractivity contribution in [3.05, 3.63) is 199 Å². The molecular formula is C49H33N3O. The second kappa shape index (κ2) is 13.0. The first-order valence-corrected chi connectivity index (χ1v) is 18.0. The largest absolute Gasteiger partial charge is 0.485 e. The van der Waals surface area contributed by atoms with Crippen molar-refractivity contribution in [2.24, 2.45) is 0 Å². The van der Waals surface area contributed by atoms with Crippen LogP contribution < -0.4 is 4.74 Å². The van der Waals surface area contributed by atoms with Gasteiger partial charge in [0.25, 0.3) is 0 Å². The Balaban J connectivity index is 1.10. The average Bonchev–Trinajstić information content (AvgIpc) is 3.63. The van der Waals surface area contributed by atoms with Gasteiger partial charge in [0.05, 0.1) is 5.92 Å². The summed E-state index contributed by atoms with van der Waals surface area (Å²) in [5.41, 5.74) is 11.1. The number of para-hydroxylation sites is 1. The molecule has 4 nitrogen and oxygen atoms in total. The van der Waals surface area contributed by atoms with Crippen LogP contribution in [0.3, 0.4) is 0 Å². The maximum Gasteiger partial charge on any atom is 0.164 e. The Kier molecular flexibility index (Phi) is 7.58. The number of aromatic nitrogens is 3. The molecule has 10 rings (SSSR count). The van der Waals surface area contributed by atoms with E-state index >= 15 is 0 Å². The van der Waals surface area contributed by atoms with Crippen LogP contribution >= 0.6 is 0 Å². The minimum absolute atomic E-state index is 0.0268. The summed E-state index contributed by atoms with van der Waals surface area (Å²) in [6.45, 7) is 0. The van der Waals surface area contributed by atoms with Crippen LogP contribution in [0.2, 0.25) is 0 Å². The number of nitrogens with zero attached hydrogens (tertiary/aromatic N) is 3. The van der Waals surface area contributed by atoms with Gasteiger partial charge in [0.2, 0.25) is 0 Å². The molecule has 53 heavy (non-hydrogen) atoms. The Hall–Kier alpha value is -6.91. The Morgan fingerprint density at radius 2 is 0.887 bits per heavy atom. The van der Waals surface area contributed by atoms with E-state index in [-0.39, 0.29) is 12.0 Å². The fraction of sp³-hybridized carbons (Fsp3) is 0.0408. The molecule has 7 aromatic carbocycles. The van der Waals surface area contributed by atoms with Gasteiger partial charge in [-0.05, 0) is 56.3 Å². The normalized spacial score (nSPS) is 15.7. The molecule has 1 aliphatic heterocycles. The molecule has 8 aromatic rings. The maximum absolute atomic E-state index is 6.39. The summed E-state index contributed by atoms with van der Waals surface area (Å²) >= 11 is 0. The van der Waals surface area contributed by atoms with Gasteiger partial charge in [-0.1, -0.05) is 176 Å². The number of rotatable bonds is 6. The molecule has 1 aliphatic carbocycles. The molecule has 250 valence electrons. The molecule has 0 N–H and O–H groups in total. The summed E-state index contributed by atoms with van der Waals surface area (Å²) in [6.07, 6.45) is 6.51. The van der Waals surface area contributed by atoms with E-state index in [4.69, 9.17) is 19.7 Å². The molecule has 0 fully saturated rings. The number of hydrogen-bond donors (Lipinski definition) is 0. The zero-order valence-electron chi connectivity index (χ0n) is 28.8. The highest BCUT2D eigenvalue weighted by Gasteiger charge is 2.37. The van der Waals surface area contributed by atoms with Crippen LogP contribution in [0.25, 0.3) is 72.8 Å². The topological polar surface area (TPSA) is 47.9 Å². The average molecular weight is 680 g/mol. The van der Waals surface area contributed by atoms with Crippen LogP contribution in [0.1, 0.15) is 17.0 Å². The van der Waals surface area contributed by atoms with Crippen LogP contribution in [0.5, 0.6) is 5.75 Å². The van der Waals surface area contributed by atoms with Gasteiger partial charge in [-0.2, -0.15) is 0 Å². The first-order valence-electron chi connectivity index (χ1n) is 18.0. The maximum atomic E-state index is 6.39. The number of allylic oxidation sites excluding steroid dienone is 2. The highest BCUT2D eigenvalue weighted by molar-refractivity contribution is 6.03. The van der Waals surface area contributed by atoms with Crippen molar-refractivity contribution in [2.75, 3.05) is 0 Å². The van der Waals surface area contributed by atoms with Crippen LogP contribution in [0.15, 0.2) is 188 Å². The molecule has 2 heterocycles. The van der Waals surface area contributed by atoms with Crippen LogP contribution in [0.4, 0.5) is 0 Å². The van der Waals surface area contributed by atoms with Gasteiger partial charge in [0.15, 0.2) is 17.5 Å². The summed E-state index contributed by atoms with van der Waals surface area (Å²) in [4.78, 5) is 15.4. The lowest BCUT2D eigenvalue weighted by Crippen LogP contribution is -2.19. The zero-order chi connectivity index (χ0) is 35.1. The smallest absolute Gasteiger partial charge is 0.164 e. The molecular weight excluding hydrogens is 647 g/mol. The van der Waals surface area contributed by atoms with Crippen molar-refractivity contribution in [1.82, 2.24) is 15.0 Å². The van der Waals surface area contributed by atoms with Gasteiger partial charge in [0, 0.05) is 22.3 Å². The van der Waals surface area contributed by atoms with E-state index in [1.54, 1.807) is 0 Å². The molecule has 2 unspecified atom stereocenters. The quantitative estimate of drug-likeness (QED) is 0.175. The SMILES string of the molecule is C1=CC2Oc3ccccc3C2C(c2cccc3c(-c4nc(-c5ccc(-c6ccccc6)cc5)nc(-c5ccc(-c6ccccc6)cc5)n4)cccc23)=C1. The van der Waals surface area contributed by atoms with Gasteiger partial charge >= 0.3 is 0 Å². The molecule has 0 spiro atoms. The summed E-state index contributed by atoms with van der Waals surface area (Å²) < 4.78 is 6.39. The van der Waals surface area contributed by atoms with E-state index < -0.39 is 0 Å². The molecule has 2 aliphatic rings. The third-order valence-corrected chi connectivity index (χ3v) is 10.4. The minimum atomic E-state index is -0.0268. The van der Waals surface area contributed by atoms with E-state index in [9.17, 15) is 0 Å². The second-order valence-corrected chi connectivity index (χ2v) is 13.5. The first kappa shape index (κ1) is 30.9. The van der Waals surface area contributed by atoms with Crippen molar-refractivity contribution in [2.45, 2.75) is 12.0 Å². The lowest BCUT2D eigenvalue weighted by atomic mass is 9.80. The van der Waals surface area contributed by atoms with E-state index in [2.05, 4.69) is 170 Å². The number of hydrogen-bond acceptors (Lipinski definition) is 4. The van der Waals surface area contributed by atoms with Gasteiger partial charge < -0.3 is 4.74 Å². The molecule has 1 aromatic heterocycles. The Morgan fingerprint density at radius 1 is 0.396 bits per heavy atom. The molecule has 0 saturated carbocycles. The lowest BCUT2D eigenvalue weighted by Gasteiger charge is -2.24. The van der Waals surface area contributed by atoms with Crippen molar-refractivity contribution < 1.29 is 4.74 Å². The predicted octanol–water partition coefficient (Wildman–Crippen LogP) is 11.9. The molecule has 4 heteroatoms. The Labute approximate surface area is 308 Å². The summed E-state index contributed by atoms with van der Waals surface area (Å²) in [5.74, 6) is 2.98. The van der Waals surface area contributed by atoms with Crippen molar-refractivity contribution in [3.8, 4) is 62.2 Å². The minimum Gasteiger partial charge on any atom is -0.485 e. The lowest BCUT2D eigenvalue weighted by molar-refractivity contribution is 0.271. The third-order valence-electron chi connectivity index (χ3n) is 10.4. The monoisotopic (exact) mass is 679 g/mol. The molecule has 0 radical (unpaired) electrons.